The first-order valence-electron chi connectivity index (χ1n) is 45.8. The van der Waals surface area contributed by atoms with E-state index in [1.807, 2.05) is 36.4 Å². The van der Waals surface area contributed by atoms with Gasteiger partial charge in [-0.15, -0.1) is 25.3 Å². The molecular weight excluding hydrogens is 1900 g/mol. The molecule has 39 nitrogen and oxygen atoms in total. The van der Waals surface area contributed by atoms with Gasteiger partial charge in [-0.1, -0.05) is 155 Å². The average Bonchev–Trinajstić information content (AvgIpc) is 1.60. The van der Waals surface area contributed by atoms with Crippen LogP contribution in [0, 0.1) is 11.8 Å². The van der Waals surface area contributed by atoms with Crippen molar-refractivity contribution in [2.75, 3.05) is 36.0 Å². The number of rotatable bonds is 58. The molecular formula is C97H123N7O32S4. The summed E-state index contributed by atoms with van der Waals surface area (Å²) < 4.78 is 128. The zero-order valence-corrected chi connectivity index (χ0v) is 81.7. The Balaban J connectivity index is 0.00000298. The summed E-state index contributed by atoms with van der Waals surface area (Å²) >= 11 is 0. The van der Waals surface area contributed by atoms with E-state index in [1.54, 1.807) is 84.9 Å². The number of carboxylic acids is 5. The molecule has 0 fully saturated rings. The smallest absolute Gasteiger partial charge is 0.425 e. The van der Waals surface area contributed by atoms with Crippen LogP contribution < -0.4 is 36.2 Å². The summed E-state index contributed by atoms with van der Waals surface area (Å²) in [7, 11) is -14.8. The number of nitrogens with zero attached hydrogens (tertiary/aromatic N) is 2. The monoisotopic (exact) mass is 2030 g/mol. The molecule has 0 saturated heterocycles. The molecule has 3 aliphatic rings. The highest BCUT2D eigenvalue weighted by Gasteiger charge is 2.46. The molecule has 43 heteroatoms. The molecule has 5 amide bonds. The topological polar surface area (TPSA) is 630 Å². The van der Waals surface area contributed by atoms with E-state index in [1.165, 1.54) is 0 Å². The zero-order chi connectivity index (χ0) is 104. The van der Waals surface area contributed by atoms with Crippen LogP contribution in [0.2, 0.25) is 0 Å². The van der Waals surface area contributed by atoms with Crippen LogP contribution in [0.4, 0.5) is 16.2 Å². The molecule has 1 aliphatic carbocycles. The van der Waals surface area contributed by atoms with Gasteiger partial charge in [-0.25, -0.2) is 22.8 Å². The van der Waals surface area contributed by atoms with Gasteiger partial charge in [0.2, 0.25) is 23.4 Å². The number of nitrogens with one attached hydrogen (secondary N) is 5. The summed E-state index contributed by atoms with van der Waals surface area (Å²) in [4.78, 5) is 176. The number of urea groups is 1. The highest BCUT2D eigenvalue weighted by atomic mass is 32.2. The third-order valence-corrected chi connectivity index (χ3v) is 25.5. The Morgan fingerprint density at radius 2 is 1.01 bits per heavy atom. The minimum absolute atomic E-state index is 0.0218. The van der Waals surface area contributed by atoms with Crippen molar-refractivity contribution in [3.63, 3.8) is 0 Å². The molecule has 762 valence electrons. The number of carbonyl (C=O) groups is 12. The summed E-state index contributed by atoms with van der Waals surface area (Å²) in [5.74, 6) is -13.1. The number of amides is 5. The minimum Gasteiger partial charge on any atom is -0.748 e. The fraction of sp³-hybridized carbons (Fsp3) is 0.485. The van der Waals surface area contributed by atoms with Gasteiger partial charge in [0.05, 0.1) is 33.4 Å². The van der Waals surface area contributed by atoms with Gasteiger partial charge in [0.1, 0.15) is 35.9 Å². The standard InChI is InChI=1S/C96H123N7O24S2.CO2.2O3S/c1-95(2)73-34-17-19-36-79(73)102(55-21-23-57-128(121,122)123)83(95)50-42-67-31-25-32-68(43-51-84-96(3,4)74-35-18-20-37-80(74)103(84)56-22-24-58-129(124,125)126)89(67)127-72-46-40-66(41-47-72)61-78(93(118)119)100-90(114)69(44-52-87(110)111)62-81(105)75(49-53-88(112)113)99-91(115)70(59-64-27-11-9-12-28-64)63-82(106)77(60-65-29-13-10-14-30-65)98-85(107)38-16-8-6-5-7-15-33-71(104)45-48-76(92(116)117)101-94(120)97-54-26-39-86(108)109;2-1-3;2*1-4(2)3/h9-14,17-20,27-30,34-37,40-42,46-47,50,69-70,75-78H,5-8,15-16,21-26,31-33,38-39,43-45,48-49,51-63H2,1-4H3,(H11-,97,98,99,100,101,107,108,109,110,111,112,113,114,115,116,117,118,119,120,121,122,123,124,125,126);;;/b67-42+,83-50+;;;/t69-,70-,75+,76+,77+,78+;;;/m1.../s1. The number of anilines is 1. The van der Waals surface area contributed by atoms with E-state index >= 15 is 0 Å². The van der Waals surface area contributed by atoms with E-state index in [0.717, 1.165) is 57.9 Å². The lowest BCUT2D eigenvalue weighted by atomic mass is 9.79. The number of ketones is 3. The van der Waals surface area contributed by atoms with Crippen molar-refractivity contribution in [1.82, 2.24) is 26.6 Å². The molecule has 0 radical (unpaired) electrons. The summed E-state index contributed by atoms with van der Waals surface area (Å²) in [5, 5.41) is 61.8. The lowest BCUT2D eigenvalue weighted by Crippen LogP contribution is -2.49. The van der Waals surface area contributed by atoms with Gasteiger partial charge in [0, 0.05) is 130 Å². The lowest BCUT2D eigenvalue weighted by molar-refractivity contribution is -0.440. The van der Waals surface area contributed by atoms with Crippen LogP contribution in [0.15, 0.2) is 168 Å². The van der Waals surface area contributed by atoms with E-state index in [0.29, 0.717) is 112 Å². The van der Waals surface area contributed by atoms with Crippen molar-refractivity contribution in [3.8, 4) is 5.75 Å². The van der Waals surface area contributed by atoms with Gasteiger partial charge in [0.25, 0.3) is 10.1 Å². The summed E-state index contributed by atoms with van der Waals surface area (Å²) in [5.41, 5.74) is 8.78. The van der Waals surface area contributed by atoms with E-state index in [2.05, 4.69) is 88.0 Å². The van der Waals surface area contributed by atoms with Crippen molar-refractivity contribution < 1.29 is 153 Å². The number of unbranched alkanes of at least 4 members (excludes halogenated alkanes) is 7. The highest BCUT2D eigenvalue weighted by molar-refractivity contribution is 7.86. The highest BCUT2D eigenvalue weighted by Crippen LogP contribution is 2.49. The first-order valence-corrected chi connectivity index (χ1v) is 51.0. The van der Waals surface area contributed by atoms with Gasteiger partial charge in [-0.3, -0.25) is 47.7 Å². The first-order chi connectivity index (χ1) is 66.1. The Hall–Kier alpha value is -12.9. The van der Waals surface area contributed by atoms with Gasteiger partial charge in [0.15, 0.2) is 17.3 Å². The number of benzene rings is 5. The molecule has 2 aliphatic heterocycles. The van der Waals surface area contributed by atoms with E-state index < -0.39 is 198 Å². The van der Waals surface area contributed by atoms with Crippen molar-refractivity contribution >= 4 is 136 Å². The Morgan fingerprint density at radius 1 is 0.507 bits per heavy atom. The number of hydrogen-bond acceptors (Lipinski definition) is 27. The van der Waals surface area contributed by atoms with E-state index in [4.69, 9.17) is 44.7 Å². The van der Waals surface area contributed by atoms with Crippen LogP contribution in [0.5, 0.6) is 5.75 Å². The second-order valence-electron chi connectivity index (χ2n) is 35.0. The molecule has 5 aromatic carbocycles. The second kappa shape index (κ2) is 59.5. The Bertz CT molecular complexity index is 5750. The molecule has 0 unspecified atom stereocenters. The van der Waals surface area contributed by atoms with Gasteiger partial charge in [-0.2, -0.15) is 22.6 Å². The second-order valence-corrected chi connectivity index (χ2v) is 38.9. The van der Waals surface area contributed by atoms with Crippen molar-refractivity contribution in [2.24, 2.45) is 11.8 Å². The molecule has 6 atom stereocenters. The number of allylic oxidation sites excluding steroid dienone is 5. The first kappa shape index (κ1) is 118. The van der Waals surface area contributed by atoms with Crippen molar-refractivity contribution in [3.05, 3.63) is 196 Å². The van der Waals surface area contributed by atoms with Crippen LogP contribution in [0.1, 0.15) is 229 Å². The zero-order valence-electron chi connectivity index (χ0n) is 78.4. The Kier molecular flexibility index (Phi) is 50.0. The molecule has 0 spiro atoms. The van der Waals surface area contributed by atoms with Crippen molar-refractivity contribution in [1.29, 1.82) is 0 Å². The van der Waals surface area contributed by atoms with E-state index in [9.17, 15) is 104 Å². The summed E-state index contributed by atoms with van der Waals surface area (Å²) in [6, 6.07) is 33.5. The molecule has 0 bridgehead atoms. The Labute approximate surface area is 815 Å². The Morgan fingerprint density at radius 3 is 1.61 bits per heavy atom. The van der Waals surface area contributed by atoms with Gasteiger partial charge >= 0.3 is 63.2 Å². The SMILES string of the molecule is CC1(C)C(CCC2=C(Oc3ccc(C[C@H](NC(=O)[C@H](CCC(=O)O)CC(=O)[C@H](CCC(=O)O)NC(=O)[C@@H](CC(=O)[C@H](Cc4ccccc4)NC(=O)CCCCCCCCC(=O)CC[C@H](NC(=O)NCCCC(=O)O)C(=O)O)Cc4ccccc4)C(=O)O)cc3)/C(=C/C=C3/N(CCCCS(=O)(=O)O)c4ccccc4C3(C)C)CCC2)=[N+](CCCCS(=O)(=O)[O-])c2ccccc21.O=C=O.O=S(=O)=O.O=S(=O)=O. The minimum atomic E-state index is -4.43. The maximum Gasteiger partial charge on any atom is 0.425 e. The molecule has 2 heterocycles. The molecule has 5 aromatic rings. The van der Waals surface area contributed by atoms with Crippen LogP contribution in [-0.4, -0.2) is 219 Å². The molecule has 140 heavy (non-hydrogen) atoms. The van der Waals surface area contributed by atoms with E-state index in [-0.39, 0.29) is 94.9 Å². The van der Waals surface area contributed by atoms with Crippen molar-refractivity contribution in [2.45, 2.75) is 255 Å². The fourth-order valence-corrected chi connectivity index (χ4v) is 18.1. The van der Waals surface area contributed by atoms with Gasteiger partial charge < -0.3 is 66.3 Å². The lowest BCUT2D eigenvalue weighted by Gasteiger charge is -2.28. The number of aliphatic carboxylic acids is 5. The van der Waals surface area contributed by atoms with Gasteiger partial charge in [-0.05, 0) is 168 Å². The number of carbonyl (C=O) groups excluding carboxylic acids is 9. The number of para-hydroxylation sites is 2. The number of ether oxygens (including phenoxy) is 1. The third-order valence-electron chi connectivity index (χ3n) is 23.9. The van der Waals surface area contributed by atoms with Crippen LogP contribution >= 0.6 is 0 Å². The quantitative estimate of drug-likeness (QED) is 0.00979. The maximum atomic E-state index is 14.9. The summed E-state index contributed by atoms with van der Waals surface area (Å²) in [6.45, 7) is 9.49. The largest absolute Gasteiger partial charge is 0.748 e. The molecule has 8 rings (SSSR count). The predicted molar refractivity (Wildman–Crippen MR) is 507 cm³/mol. The molecule has 0 aromatic heterocycles. The molecule has 0 saturated carbocycles. The number of hydrogen-bond donors (Lipinski definition) is 11. The number of fused-ring (bicyclic) bond motifs is 2. The maximum absolute atomic E-state index is 14.9. The van der Waals surface area contributed by atoms with Crippen LogP contribution in [0.3, 0.4) is 0 Å². The normalized spacial score (nSPS) is 15.2. The fourth-order valence-electron chi connectivity index (χ4n) is 17.0. The molecule has 11 N–H and O–H groups in total. The number of carboxylic acid groups (broad SMARTS) is 5. The predicted octanol–water partition coefficient (Wildman–Crippen LogP) is 9.90. The van der Waals surface area contributed by atoms with Crippen LogP contribution in [-0.2, 0) is 134 Å². The number of Topliss-reactive ketones (excluding diaryl/α,β-unsaturated/α-hetero) is 3. The van der Waals surface area contributed by atoms with Crippen LogP contribution in [0.25, 0.3) is 0 Å². The third kappa shape index (κ3) is 42.8. The summed E-state index contributed by atoms with van der Waals surface area (Å²) in [6.07, 6.45) is 8.51. The average molecular weight is 2030 g/mol.